The van der Waals surface area contributed by atoms with Crippen molar-refractivity contribution in [3.8, 4) is 34.4 Å². The van der Waals surface area contributed by atoms with E-state index in [0.29, 0.717) is 11.6 Å². The molecule has 0 bridgehead atoms. The van der Waals surface area contributed by atoms with Gasteiger partial charge in [-0.3, -0.25) is 0 Å². The number of methoxy groups -OCH3 is 1. The van der Waals surface area contributed by atoms with Crippen LogP contribution in [0, 0.1) is 0 Å². The van der Waals surface area contributed by atoms with E-state index in [4.69, 9.17) is 9.15 Å². The summed E-state index contributed by atoms with van der Waals surface area (Å²) in [5, 5.41) is 12.1. The lowest BCUT2D eigenvalue weighted by Crippen LogP contribution is -2.31. The molecule has 3 aromatic rings. The van der Waals surface area contributed by atoms with Gasteiger partial charge in [-0.05, 0) is 36.4 Å². The van der Waals surface area contributed by atoms with Gasteiger partial charge < -0.3 is 14.3 Å². The lowest BCUT2D eigenvalue weighted by molar-refractivity contribution is -0.652. The molecule has 2 aromatic carbocycles. The molecular formula is C17H15NO3. The van der Waals surface area contributed by atoms with Crippen LogP contribution in [0.5, 0.6) is 11.7 Å². The molecule has 0 saturated carbocycles. The van der Waals surface area contributed by atoms with E-state index in [0.717, 1.165) is 16.9 Å². The minimum absolute atomic E-state index is 0.338. The number of ether oxygens (including phenoxy) is 1. The van der Waals surface area contributed by atoms with Crippen LogP contribution in [0.25, 0.3) is 22.7 Å². The molecule has 0 saturated heterocycles. The predicted molar refractivity (Wildman–Crippen MR) is 76.8 cm³/mol. The first-order valence-electron chi connectivity index (χ1n) is 6.60. The highest BCUT2D eigenvalue weighted by atomic mass is 16.5. The van der Waals surface area contributed by atoms with E-state index in [9.17, 15) is 5.11 Å². The van der Waals surface area contributed by atoms with Gasteiger partial charge in [0, 0.05) is 5.56 Å². The van der Waals surface area contributed by atoms with Crippen molar-refractivity contribution in [3.63, 3.8) is 0 Å². The van der Waals surface area contributed by atoms with Crippen LogP contribution in [0.1, 0.15) is 0 Å². The molecule has 3 rings (SSSR count). The zero-order valence-corrected chi connectivity index (χ0v) is 11.9. The van der Waals surface area contributed by atoms with Crippen molar-refractivity contribution in [2.45, 2.75) is 0 Å². The Labute approximate surface area is 122 Å². The third-order valence-corrected chi connectivity index (χ3v) is 3.41. The van der Waals surface area contributed by atoms with Gasteiger partial charge in [-0.25, -0.2) is 0 Å². The second-order valence-corrected chi connectivity index (χ2v) is 4.70. The fourth-order valence-corrected chi connectivity index (χ4v) is 2.34. The molecule has 4 nitrogen and oxygen atoms in total. The maximum atomic E-state index is 12.1. The normalized spacial score (nSPS) is 10.6. The number of benzene rings is 2. The van der Waals surface area contributed by atoms with Crippen molar-refractivity contribution >= 4 is 0 Å². The van der Waals surface area contributed by atoms with E-state index in [1.54, 1.807) is 11.7 Å². The number of rotatable bonds is 3. The SMILES string of the molecule is COc1ccc(-c2oc([O-])c(-c3ccccc3)[n+]2C)cc1. The number of aromatic nitrogens is 1. The highest BCUT2D eigenvalue weighted by Gasteiger charge is 2.20. The maximum absolute atomic E-state index is 12.1. The van der Waals surface area contributed by atoms with Crippen LogP contribution in [-0.4, -0.2) is 7.11 Å². The zero-order valence-electron chi connectivity index (χ0n) is 11.9. The molecule has 0 unspecified atom stereocenters. The van der Waals surface area contributed by atoms with E-state index in [1.807, 2.05) is 61.6 Å². The fourth-order valence-electron chi connectivity index (χ4n) is 2.34. The van der Waals surface area contributed by atoms with Gasteiger partial charge in [-0.15, -0.1) is 0 Å². The molecule has 0 radical (unpaired) electrons. The van der Waals surface area contributed by atoms with Crippen LogP contribution >= 0.6 is 0 Å². The largest absolute Gasteiger partial charge is 0.540 e. The lowest BCUT2D eigenvalue weighted by Gasteiger charge is -2.01. The second-order valence-electron chi connectivity index (χ2n) is 4.70. The number of nitrogens with zero attached hydrogens (tertiary/aromatic N) is 1. The smallest absolute Gasteiger partial charge is 0.269 e. The summed E-state index contributed by atoms with van der Waals surface area (Å²) in [5.74, 6) is 0.953. The summed E-state index contributed by atoms with van der Waals surface area (Å²) >= 11 is 0. The van der Waals surface area contributed by atoms with E-state index in [-0.39, 0.29) is 5.95 Å². The van der Waals surface area contributed by atoms with Crippen LogP contribution in [0.3, 0.4) is 0 Å². The van der Waals surface area contributed by atoms with Crippen molar-refractivity contribution in [1.82, 2.24) is 0 Å². The molecule has 21 heavy (non-hydrogen) atoms. The van der Waals surface area contributed by atoms with Crippen molar-refractivity contribution < 1.29 is 18.8 Å². The Balaban J connectivity index is 2.09. The molecular weight excluding hydrogens is 266 g/mol. The van der Waals surface area contributed by atoms with Gasteiger partial charge in [0.2, 0.25) is 5.69 Å². The van der Waals surface area contributed by atoms with Gasteiger partial charge in [0.05, 0.1) is 12.7 Å². The summed E-state index contributed by atoms with van der Waals surface area (Å²) < 4.78 is 12.3. The van der Waals surface area contributed by atoms with Gasteiger partial charge >= 0.3 is 0 Å². The minimum atomic E-state index is -0.338. The van der Waals surface area contributed by atoms with Gasteiger partial charge in [0.1, 0.15) is 18.7 Å². The summed E-state index contributed by atoms with van der Waals surface area (Å²) in [7, 11) is 3.44. The zero-order chi connectivity index (χ0) is 14.8. The fraction of sp³-hybridized carbons (Fsp3) is 0.118. The molecule has 0 aliphatic heterocycles. The summed E-state index contributed by atoms with van der Waals surface area (Å²) in [6.45, 7) is 0. The summed E-state index contributed by atoms with van der Waals surface area (Å²) in [4.78, 5) is 0. The van der Waals surface area contributed by atoms with Crippen LogP contribution in [-0.2, 0) is 7.05 Å². The first kappa shape index (κ1) is 13.2. The minimum Gasteiger partial charge on any atom is -0.540 e. The van der Waals surface area contributed by atoms with E-state index >= 15 is 0 Å². The average molecular weight is 281 g/mol. The van der Waals surface area contributed by atoms with Crippen molar-refractivity contribution in [3.05, 3.63) is 54.6 Å². The summed E-state index contributed by atoms with van der Waals surface area (Å²) in [6, 6.07) is 16.9. The quantitative estimate of drug-likeness (QED) is 0.693. The average Bonchev–Trinajstić information content (AvgIpc) is 2.83. The molecule has 0 amide bonds. The van der Waals surface area contributed by atoms with E-state index < -0.39 is 0 Å². The summed E-state index contributed by atoms with van der Waals surface area (Å²) in [5.41, 5.74) is 2.22. The molecule has 1 heterocycles. The Hall–Kier alpha value is -2.75. The topological polar surface area (TPSA) is 49.3 Å². The van der Waals surface area contributed by atoms with Crippen LogP contribution in [0.2, 0.25) is 0 Å². The van der Waals surface area contributed by atoms with Gasteiger partial charge in [-0.1, -0.05) is 18.2 Å². The second kappa shape index (κ2) is 5.32. The third-order valence-electron chi connectivity index (χ3n) is 3.41. The van der Waals surface area contributed by atoms with Gasteiger partial charge in [0.25, 0.3) is 5.89 Å². The Bertz CT molecular complexity index is 746. The number of hydrogen-bond donors (Lipinski definition) is 0. The highest BCUT2D eigenvalue weighted by Crippen LogP contribution is 2.30. The lowest BCUT2D eigenvalue weighted by atomic mass is 10.1. The first-order valence-corrected chi connectivity index (χ1v) is 6.60. The van der Waals surface area contributed by atoms with Crippen LogP contribution < -0.4 is 14.4 Å². The van der Waals surface area contributed by atoms with Gasteiger partial charge in [0.15, 0.2) is 0 Å². The molecule has 106 valence electrons. The molecule has 0 atom stereocenters. The molecule has 0 spiro atoms. The Morgan fingerprint density at radius 2 is 1.62 bits per heavy atom. The van der Waals surface area contributed by atoms with Crippen molar-refractivity contribution in [2.24, 2.45) is 7.05 Å². The van der Waals surface area contributed by atoms with Crippen LogP contribution in [0.4, 0.5) is 0 Å². The standard InChI is InChI=1S/C17H15NO3/c1-18-15(12-6-4-3-5-7-12)17(19)21-16(18)13-8-10-14(20-2)11-9-13/h3-11H,1-2H3. The monoisotopic (exact) mass is 281 g/mol. The Morgan fingerprint density at radius 1 is 0.952 bits per heavy atom. The molecule has 0 N–H and O–H groups in total. The predicted octanol–water partition coefficient (Wildman–Crippen LogP) is 2.52. The molecule has 0 fully saturated rings. The summed E-state index contributed by atoms with van der Waals surface area (Å²) in [6.07, 6.45) is 0. The maximum Gasteiger partial charge on any atom is 0.269 e. The van der Waals surface area contributed by atoms with E-state index in [2.05, 4.69) is 0 Å². The molecule has 1 aromatic heterocycles. The Kier molecular flexibility index (Phi) is 3.36. The Morgan fingerprint density at radius 3 is 2.24 bits per heavy atom. The molecule has 4 heteroatoms. The third kappa shape index (κ3) is 2.36. The number of hydrogen-bond acceptors (Lipinski definition) is 3. The van der Waals surface area contributed by atoms with Crippen LogP contribution in [0.15, 0.2) is 59.0 Å². The van der Waals surface area contributed by atoms with Crippen molar-refractivity contribution in [1.29, 1.82) is 0 Å². The van der Waals surface area contributed by atoms with Crippen molar-refractivity contribution in [2.75, 3.05) is 7.11 Å². The first-order chi connectivity index (χ1) is 10.2. The number of oxazole rings is 1. The highest BCUT2D eigenvalue weighted by molar-refractivity contribution is 5.62. The van der Waals surface area contributed by atoms with E-state index in [1.165, 1.54) is 0 Å². The molecule has 0 aliphatic rings. The molecule has 0 aliphatic carbocycles. The van der Waals surface area contributed by atoms with Gasteiger partial charge in [-0.2, -0.15) is 4.57 Å².